The molecule has 2 rings (SSSR count). The Balaban J connectivity index is 2.60. The van der Waals surface area contributed by atoms with Crippen molar-refractivity contribution in [1.82, 2.24) is 0 Å². The molecule has 0 fully saturated rings. The first-order valence-corrected chi connectivity index (χ1v) is 6.41. The van der Waals surface area contributed by atoms with Gasteiger partial charge in [-0.2, -0.15) is 0 Å². The van der Waals surface area contributed by atoms with Gasteiger partial charge in [0.25, 0.3) is 0 Å². The number of hydrogen-bond donors (Lipinski definition) is 1. The Hall–Kier alpha value is -1.03. The molecule has 2 aromatic rings. The van der Waals surface area contributed by atoms with Crippen molar-refractivity contribution < 1.29 is 9.90 Å². The summed E-state index contributed by atoms with van der Waals surface area (Å²) in [6.45, 7) is 1.42. The van der Waals surface area contributed by atoms with E-state index in [1.807, 2.05) is 0 Å². The number of hydrogen-bond acceptors (Lipinski definition) is 3. The predicted octanol–water partition coefficient (Wildman–Crippen LogP) is 4.63. The van der Waals surface area contributed by atoms with E-state index in [0.717, 1.165) is 5.56 Å². The molecule has 5 heteroatoms. The lowest BCUT2D eigenvalue weighted by atomic mass is 10.1. The van der Waals surface area contributed by atoms with Crippen LogP contribution in [0.2, 0.25) is 10.0 Å². The number of carbonyl (C=O) groups is 1. The molecule has 1 aromatic heterocycles. The highest BCUT2D eigenvalue weighted by molar-refractivity contribution is 7.14. The van der Waals surface area contributed by atoms with Crippen LogP contribution in [0.25, 0.3) is 10.4 Å². The van der Waals surface area contributed by atoms with Crippen LogP contribution >= 0.6 is 34.5 Å². The highest BCUT2D eigenvalue weighted by Gasteiger charge is 2.17. The molecule has 2 nitrogen and oxygen atoms in total. The van der Waals surface area contributed by atoms with E-state index in [1.54, 1.807) is 18.2 Å². The maximum absolute atomic E-state index is 11.5. The van der Waals surface area contributed by atoms with Crippen LogP contribution in [0, 0.1) is 0 Å². The summed E-state index contributed by atoms with van der Waals surface area (Å²) >= 11 is 13.1. The van der Waals surface area contributed by atoms with Crippen LogP contribution in [-0.4, -0.2) is 10.9 Å². The minimum absolute atomic E-state index is 0.00331. The van der Waals surface area contributed by atoms with Gasteiger partial charge in [0.15, 0.2) is 5.78 Å². The van der Waals surface area contributed by atoms with Crippen LogP contribution in [-0.2, 0) is 0 Å². The minimum Gasteiger partial charge on any atom is -0.506 e. The van der Waals surface area contributed by atoms with Crippen molar-refractivity contribution in [2.45, 2.75) is 6.92 Å². The van der Waals surface area contributed by atoms with Gasteiger partial charge in [-0.25, -0.2) is 0 Å². The SMILES string of the molecule is CC(=O)c1c(O)csc1-c1ccc(Cl)c(Cl)c1. The molecule has 0 bridgehead atoms. The molecule has 0 aliphatic heterocycles. The fourth-order valence-corrected chi connectivity index (χ4v) is 2.81. The topological polar surface area (TPSA) is 37.3 Å². The number of Topliss-reactive ketones (excluding diaryl/α,β-unsaturated/α-hetero) is 1. The largest absolute Gasteiger partial charge is 0.506 e. The number of ketones is 1. The first kappa shape index (κ1) is 12.4. The molecule has 0 atom stereocenters. The monoisotopic (exact) mass is 286 g/mol. The van der Waals surface area contributed by atoms with Gasteiger partial charge >= 0.3 is 0 Å². The average molecular weight is 287 g/mol. The quantitative estimate of drug-likeness (QED) is 0.818. The van der Waals surface area contributed by atoms with Crippen molar-refractivity contribution in [3.05, 3.63) is 39.2 Å². The number of thiophene rings is 1. The molecule has 0 aliphatic rings. The zero-order valence-electron chi connectivity index (χ0n) is 8.83. The van der Waals surface area contributed by atoms with Gasteiger partial charge in [0.05, 0.1) is 15.6 Å². The Morgan fingerprint density at radius 1 is 1.29 bits per heavy atom. The minimum atomic E-state index is -0.176. The number of carbonyl (C=O) groups excluding carboxylic acids is 1. The van der Waals surface area contributed by atoms with E-state index in [4.69, 9.17) is 23.2 Å². The lowest BCUT2D eigenvalue weighted by molar-refractivity contribution is 0.101. The summed E-state index contributed by atoms with van der Waals surface area (Å²) < 4.78 is 0. The van der Waals surface area contributed by atoms with Crippen molar-refractivity contribution in [3.8, 4) is 16.2 Å². The van der Waals surface area contributed by atoms with Gasteiger partial charge in [-0.15, -0.1) is 11.3 Å². The fourth-order valence-electron chi connectivity index (χ4n) is 1.54. The molecule has 0 amide bonds. The van der Waals surface area contributed by atoms with Crippen LogP contribution in [0.4, 0.5) is 0 Å². The maximum atomic E-state index is 11.5. The van der Waals surface area contributed by atoms with E-state index < -0.39 is 0 Å². The number of rotatable bonds is 2. The van der Waals surface area contributed by atoms with Gasteiger partial charge in [-0.05, 0) is 24.6 Å². The summed E-state index contributed by atoms with van der Waals surface area (Å²) in [5, 5.41) is 12.0. The smallest absolute Gasteiger partial charge is 0.165 e. The van der Waals surface area contributed by atoms with Gasteiger partial charge in [0.1, 0.15) is 5.75 Å². The maximum Gasteiger partial charge on any atom is 0.165 e. The Labute approximate surface area is 112 Å². The summed E-state index contributed by atoms with van der Waals surface area (Å²) in [4.78, 5) is 12.2. The van der Waals surface area contributed by atoms with Crippen molar-refractivity contribution >= 4 is 40.3 Å². The second-order valence-corrected chi connectivity index (χ2v) is 5.20. The second-order valence-electron chi connectivity index (χ2n) is 3.51. The normalized spacial score (nSPS) is 10.5. The zero-order valence-corrected chi connectivity index (χ0v) is 11.2. The molecule has 17 heavy (non-hydrogen) atoms. The van der Waals surface area contributed by atoms with E-state index in [2.05, 4.69) is 0 Å². The first-order chi connectivity index (χ1) is 8.00. The molecule has 0 unspecified atom stereocenters. The Morgan fingerprint density at radius 3 is 2.59 bits per heavy atom. The summed E-state index contributed by atoms with van der Waals surface area (Å²) in [6.07, 6.45) is 0. The van der Waals surface area contributed by atoms with Crippen LogP contribution in [0.1, 0.15) is 17.3 Å². The predicted molar refractivity (Wildman–Crippen MR) is 71.4 cm³/mol. The van der Waals surface area contributed by atoms with Crippen molar-refractivity contribution in [2.24, 2.45) is 0 Å². The van der Waals surface area contributed by atoms with E-state index in [1.165, 1.54) is 23.6 Å². The average Bonchev–Trinajstić information content (AvgIpc) is 2.64. The molecule has 0 saturated carbocycles. The molecule has 88 valence electrons. The Kier molecular flexibility index (Phi) is 3.43. The molecule has 1 heterocycles. The highest BCUT2D eigenvalue weighted by Crippen LogP contribution is 2.38. The molecule has 1 aromatic carbocycles. The Morgan fingerprint density at radius 2 is 2.00 bits per heavy atom. The van der Waals surface area contributed by atoms with Gasteiger partial charge < -0.3 is 5.11 Å². The number of benzene rings is 1. The molecule has 0 spiro atoms. The third-order valence-electron chi connectivity index (χ3n) is 2.31. The molecular weight excluding hydrogens is 279 g/mol. The van der Waals surface area contributed by atoms with Crippen molar-refractivity contribution in [1.29, 1.82) is 0 Å². The third-order valence-corrected chi connectivity index (χ3v) is 4.06. The van der Waals surface area contributed by atoms with Crippen LogP contribution < -0.4 is 0 Å². The lowest BCUT2D eigenvalue weighted by Crippen LogP contribution is -1.92. The Bertz CT molecular complexity index is 590. The summed E-state index contributed by atoms with van der Waals surface area (Å²) in [5.41, 5.74) is 1.10. The third kappa shape index (κ3) is 2.32. The van der Waals surface area contributed by atoms with Gasteiger partial charge in [0.2, 0.25) is 0 Å². The van der Waals surface area contributed by atoms with Crippen LogP contribution in [0.15, 0.2) is 23.6 Å². The molecular formula is C12H8Cl2O2S. The number of aromatic hydroxyl groups is 1. The molecule has 0 aliphatic carbocycles. The van der Waals surface area contributed by atoms with E-state index in [-0.39, 0.29) is 11.5 Å². The van der Waals surface area contributed by atoms with Gasteiger partial charge in [0, 0.05) is 10.3 Å². The molecule has 0 saturated heterocycles. The van der Waals surface area contributed by atoms with Crippen molar-refractivity contribution in [2.75, 3.05) is 0 Å². The standard InChI is InChI=1S/C12H8Cl2O2S/c1-6(15)11-10(16)5-17-12(11)7-2-3-8(13)9(14)4-7/h2-5,16H,1H3. The number of halogens is 2. The van der Waals surface area contributed by atoms with E-state index in [0.29, 0.717) is 20.5 Å². The zero-order chi connectivity index (χ0) is 12.6. The summed E-state index contributed by atoms with van der Waals surface area (Å²) in [6, 6.07) is 5.12. The summed E-state index contributed by atoms with van der Waals surface area (Å²) in [5.74, 6) is -0.173. The highest BCUT2D eigenvalue weighted by atomic mass is 35.5. The van der Waals surface area contributed by atoms with Gasteiger partial charge in [-0.1, -0.05) is 29.3 Å². The van der Waals surface area contributed by atoms with E-state index >= 15 is 0 Å². The first-order valence-electron chi connectivity index (χ1n) is 4.77. The second kappa shape index (κ2) is 4.69. The molecule has 0 radical (unpaired) electrons. The molecule has 1 N–H and O–H groups in total. The van der Waals surface area contributed by atoms with Crippen LogP contribution in [0.5, 0.6) is 5.75 Å². The van der Waals surface area contributed by atoms with Crippen LogP contribution in [0.3, 0.4) is 0 Å². The fraction of sp³-hybridized carbons (Fsp3) is 0.0833. The summed E-state index contributed by atoms with van der Waals surface area (Å²) in [7, 11) is 0. The lowest BCUT2D eigenvalue weighted by Gasteiger charge is -2.03. The van der Waals surface area contributed by atoms with Gasteiger partial charge in [-0.3, -0.25) is 4.79 Å². The van der Waals surface area contributed by atoms with Crippen molar-refractivity contribution in [3.63, 3.8) is 0 Å². The van der Waals surface area contributed by atoms with E-state index in [9.17, 15) is 9.90 Å².